The van der Waals surface area contributed by atoms with Crippen molar-refractivity contribution in [3.63, 3.8) is 0 Å². The van der Waals surface area contributed by atoms with E-state index in [1.54, 1.807) is 61.4 Å². The molecular formula is C85H79Cl6N5O5Ti5. The molecule has 536 valence electrons. The maximum absolute atomic E-state index is 10.4. The summed E-state index contributed by atoms with van der Waals surface area (Å²) in [6.45, 7) is 3.88. The van der Waals surface area contributed by atoms with Crippen molar-refractivity contribution in [2.75, 3.05) is 0 Å². The molecule has 0 unspecified atom stereocenters. The predicted molar refractivity (Wildman–Crippen MR) is 440 cm³/mol. The fraction of sp³-hybridized carbons (Fsp3) is 0.0235. The molecule has 0 spiro atoms. The van der Waals surface area contributed by atoms with Crippen molar-refractivity contribution in [2.24, 2.45) is 25.0 Å². The van der Waals surface area contributed by atoms with Gasteiger partial charge in [0.1, 0.15) is 28.7 Å². The predicted octanol–water partition coefficient (Wildman–Crippen LogP) is 26.2. The number of phenolic OH excluding ortho intramolecular Hbond substituents is 5. The zero-order chi connectivity index (χ0) is 74.1. The molecule has 0 aliphatic rings. The molecule has 10 nitrogen and oxygen atoms in total. The Balaban J connectivity index is 0.00000125. The number of nitrogens with zero attached hydrogens (tertiary/aromatic N) is 5. The molecular weight excluding hydrogens is 1620 g/mol. The molecule has 0 radical (unpaired) electrons. The first-order valence-electron chi connectivity index (χ1n) is 30.5. The van der Waals surface area contributed by atoms with Crippen LogP contribution in [0.15, 0.2) is 334 Å². The maximum atomic E-state index is 10.4. The first-order chi connectivity index (χ1) is 50.0. The third kappa shape index (κ3) is 34.9. The van der Waals surface area contributed by atoms with Crippen LogP contribution in [0.1, 0.15) is 38.9 Å². The van der Waals surface area contributed by atoms with Crippen LogP contribution in [0, 0.1) is 43.6 Å². The summed E-state index contributed by atoms with van der Waals surface area (Å²) in [7, 11) is 28.3. The van der Waals surface area contributed by atoms with Crippen LogP contribution < -0.4 is 0 Å². The first-order valence-corrected chi connectivity index (χ1v) is 43.4. The number of aryl methyl sites for hydroxylation is 2. The molecule has 0 bridgehead atoms. The van der Waals surface area contributed by atoms with Gasteiger partial charge in [-0.15, -0.1) is 0 Å². The van der Waals surface area contributed by atoms with Crippen molar-refractivity contribution in [1.29, 1.82) is 0 Å². The van der Waals surface area contributed by atoms with Crippen LogP contribution in [0.4, 0.5) is 28.4 Å². The molecule has 13 aromatic rings. The van der Waals surface area contributed by atoms with Gasteiger partial charge in [0.15, 0.2) is 0 Å². The van der Waals surface area contributed by atoms with E-state index in [-0.39, 0.29) is 52.7 Å². The van der Waals surface area contributed by atoms with E-state index in [9.17, 15) is 25.5 Å². The number of para-hydroxylation sites is 8. The van der Waals surface area contributed by atoms with Gasteiger partial charge in [0.2, 0.25) is 0 Å². The molecule has 13 aromatic carbocycles. The molecule has 21 heteroatoms. The Morgan fingerprint density at radius 1 is 0.283 bits per heavy atom. The Morgan fingerprint density at radius 3 is 1.10 bits per heavy atom. The van der Waals surface area contributed by atoms with E-state index in [1.807, 2.05) is 281 Å². The topological polar surface area (TPSA) is 163 Å². The number of phenols is 5. The van der Waals surface area contributed by atoms with E-state index in [1.165, 1.54) is 77.5 Å². The van der Waals surface area contributed by atoms with Crippen LogP contribution in [-0.4, -0.2) is 56.6 Å². The molecule has 13 rings (SSSR count). The molecule has 0 amide bonds. The average Bonchev–Trinajstić information content (AvgIpc) is 0.822. The second kappa shape index (κ2) is 60.0. The summed E-state index contributed by atoms with van der Waals surface area (Å²) in [5.74, 6) is 1.29. The number of halogens is 6. The molecule has 0 aliphatic carbocycles. The third-order valence-corrected chi connectivity index (χ3v) is 14.1. The van der Waals surface area contributed by atoms with Crippen LogP contribution in [0.2, 0.25) is 0 Å². The molecule has 0 saturated carbocycles. The fourth-order valence-electron chi connectivity index (χ4n) is 9.19. The number of benzene rings is 13. The summed E-state index contributed by atoms with van der Waals surface area (Å²) in [5, 5.41) is 53.8. The molecule has 0 aliphatic heterocycles. The zero-order valence-corrected chi connectivity index (χ0v) is 71.4. The van der Waals surface area contributed by atoms with Crippen molar-refractivity contribution in [2.45, 2.75) is 13.8 Å². The molecule has 0 heterocycles. The minimum atomic E-state index is -0.556. The van der Waals surface area contributed by atoms with Crippen LogP contribution in [0.5, 0.6) is 28.7 Å². The van der Waals surface area contributed by atoms with Crippen LogP contribution in [-0.2, 0) is 94.5 Å². The van der Waals surface area contributed by atoms with E-state index in [2.05, 4.69) is 74.3 Å². The molecule has 0 aromatic heterocycles. The van der Waals surface area contributed by atoms with Crippen molar-refractivity contribution in [3.8, 4) is 39.9 Å². The van der Waals surface area contributed by atoms with E-state index in [0.29, 0.717) is 11.3 Å². The van der Waals surface area contributed by atoms with Crippen LogP contribution >= 0.6 is 55.8 Å². The molecule has 106 heavy (non-hydrogen) atoms. The van der Waals surface area contributed by atoms with Gasteiger partial charge < -0.3 is 55.2 Å². The fourth-order valence-corrected chi connectivity index (χ4v) is 9.19. The van der Waals surface area contributed by atoms with E-state index >= 15 is 0 Å². The van der Waals surface area contributed by atoms with Gasteiger partial charge in [0, 0.05) is 69.8 Å². The van der Waals surface area contributed by atoms with Gasteiger partial charge in [0.25, 0.3) is 0 Å². The van der Waals surface area contributed by atoms with Gasteiger partial charge in [-0.1, -0.05) is 218 Å². The normalized spacial score (nSPS) is 9.70. The van der Waals surface area contributed by atoms with Gasteiger partial charge in [-0.3, -0.25) is 25.0 Å². The number of fused-ring (bicyclic) bond motifs is 2. The van der Waals surface area contributed by atoms with E-state index in [4.69, 9.17) is 18.6 Å². The molecule has 0 atom stereocenters. The number of hydrogen-bond acceptors (Lipinski definition) is 10. The summed E-state index contributed by atoms with van der Waals surface area (Å²) in [6, 6.07) is 98.1. The van der Waals surface area contributed by atoms with Crippen molar-refractivity contribution in [1.82, 2.24) is 0 Å². The van der Waals surface area contributed by atoms with Gasteiger partial charge in [0.05, 0.1) is 28.4 Å². The Morgan fingerprint density at radius 2 is 0.613 bits per heavy atom. The van der Waals surface area contributed by atoms with E-state index in [0.717, 1.165) is 94.5 Å². The summed E-state index contributed by atoms with van der Waals surface area (Å²) < 4.78 is 0. The standard InChI is InChI=1S/C19H15NO.2C17H13NO.2C14H13NO.4CH3.6ClH.5Ti/c21-19-16(14-20-17-11-5-2-6-12-17)10-7-13-18(19)15-8-3-1-4-9-15;19-17-11-4-2-7-14(17)12-18-16-10-5-8-13-6-1-3-9-15(13)16;19-17-11-10-13-6-4-5-9-15(13)16(17)12-18-14-7-2-1-3-8-14;1-11-6-2-4-8-13(11)15-10-12-7-3-5-9-14(12)16;1-11-6-5-7-12(14(11)16)10-15-13-8-3-2-4-9-13;;;;;;;;;;;;;;;/h1-14,21H;2*1-12,19H;2*2-10,16H,1H3;4*1H3;6*1H;;;;;/q;;;;;4*-1;;;;;;;5*+2/p-6. The number of hydrogen-bond donors (Lipinski definition) is 5. The summed E-state index contributed by atoms with van der Waals surface area (Å²) in [4.78, 5) is 21.9. The van der Waals surface area contributed by atoms with Crippen LogP contribution in [0.3, 0.4) is 0 Å². The van der Waals surface area contributed by atoms with Gasteiger partial charge in [-0.05, 0) is 138 Å². The number of aromatic hydroxyl groups is 5. The quantitative estimate of drug-likeness (QED) is 0.0494. The Hall–Kier alpha value is -6.96. The molecule has 5 N–H and O–H groups in total. The summed E-state index contributed by atoms with van der Waals surface area (Å²) in [6.07, 6.45) is 8.45. The SMILES string of the molecule is Cc1cccc(C=Nc2ccccc2)c1O.Cc1ccccc1N=Cc1ccccc1O.Oc1c(C=Nc2ccccc2)cccc1-c1ccccc1.Oc1ccc2ccccc2c1C=Nc1ccccc1.Oc1ccccc1C=Nc1cccc2ccccc12.[CH3-].[CH3-].[CH3-].[CH3-].[Cl][Ti+].[Cl][Ti+].[Cl][Ti+].[Cl][Ti+].[Cl][Ti][Cl]. The van der Waals surface area contributed by atoms with Crippen LogP contribution in [0.25, 0.3) is 32.7 Å². The van der Waals surface area contributed by atoms with Crippen molar-refractivity contribution in [3.05, 3.63) is 378 Å². The summed E-state index contributed by atoms with van der Waals surface area (Å²) in [5.41, 5.74) is 11.9. The monoisotopic (exact) mass is 1700 g/mol. The Bertz CT molecular complexity index is 4640. The van der Waals surface area contributed by atoms with Gasteiger partial charge in [-0.25, -0.2) is 0 Å². The Kier molecular flexibility index (Phi) is 56.1. The molecule has 0 saturated heterocycles. The van der Waals surface area contributed by atoms with Crippen molar-refractivity contribution < 1.29 is 120 Å². The second-order valence-electron chi connectivity index (χ2n) is 20.6. The third-order valence-electron chi connectivity index (χ3n) is 14.1. The van der Waals surface area contributed by atoms with Gasteiger partial charge >= 0.3 is 150 Å². The first kappa shape index (κ1) is 99.0. The molecule has 0 fully saturated rings. The Labute approximate surface area is 705 Å². The number of aliphatic imine (C=N–C) groups is 5. The minimum absolute atomic E-state index is 0. The van der Waals surface area contributed by atoms with Crippen molar-refractivity contribution >= 4 is 137 Å². The number of rotatable bonds is 11. The summed E-state index contributed by atoms with van der Waals surface area (Å²) >= 11 is 5.33. The van der Waals surface area contributed by atoms with E-state index < -0.39 is 17.0 Å². The second-order valence-corrected chi connectivity index (χ2v) is 23.2. The average molecular weight is 1700 g/mol. The zero-order valence-electron chi connectivity index (χ0n) is 59.1. The van der Waals surface area contributed by atoms with Gasteiger partial charge in [-0.2, -0.15) is 0 Å².